The molecule has 1 amide bonds. The number of amides is 1. The van der Waals surface area contributed by atoms with E-state index in [2.05, 4.69) is 10.3 Å². The Hall–Kier alpha value is -4.72. The van der Waals surface area contributed by atoms with E-state index in [9.17, 15) is 40.8 Å². The van der Waals surface area contributed by atoms with Gasteiger partial charge in [0.2, 0.25) is 0 Å². The van der Waals surface area contributed by atoms with Gasteiger partial charge in [0.05, 0.1) is 16.0 Å². The summed E-state index contributed by atoms with van der Waals surface area (Å²) in [5.41, 5.74) is -3.92. The zero-order valence-electron chi connectivity index (χ0n) is 20.9. The number of aromatic amines is 2. The van der Waals surface area contributed by atoms with Crippen molar-refractivity contribution in [2.75, 3.05) is 6.26 Å². The largest absolute Gasteiger partial charge is 0.416 e. The molecule has 4 aromatic rings. The molecule has 0 atom stereocenters. The molecule has 0 spiro atoms. The first-order valence-corrected chi connectivity index (χ1v) is 13.4. The van der Waals surface area contributed by atoms with E-state index in [-0.39, 0.29) is 33.9 Å². The van der Waals surface area contributed by atoms with Crippen molar-refractivity contribution in [2.24, 2.45) is 0 Å². The molecule has 208 valence electrons. The first kappa shape index (κ1) is 28.3. The smallest absolute Gasteiger partial charge is 0.348 e. The van der Waals surface area contributed by atoms with Crippen LogP contribution < -0.4 is 22.1 Å². The molecule has 0 bridgehead atoms. The van der Waals surface area contributed by atoms with Crippen molar-refractivity contribution in [2.45, 2.75) is 24.5 Å². The number of nitrogens with one attached hydrogen (secondary N) is 3. The highest BCUT2D eigenvalue weighted by molar-refractivity contribution is 7.90. The van der Waals surface area contributed by atoms with E-state index in [1.807, 2.05) is 4.98 Å². The Bertz CT molecular complexity index is 1910. The maximum absolute atomic E-state index is 13.5. The van der Waals surface area contributed by atoms with Gasteiger partial charge in [0, 0.05) is 35.9 Å². The van der Waals surface area contributed by atoms with E-state index in [4.69, 9.17) is 0 Å². The Kier molecular flexibility index (Phi) is 7.39. The van der Waals surface area contributed by atoms with Crippen LogP contribution in [0.5, 0.6) is 0 Å². The normalized spacial score (nSPS) is 11.8. The molecule has 0 saturated heterocycles. The van der Waals surface area contributed by atoms with Crippen LogP contribution in [0.15, 0.2) is 80.1 Å². The summed E-state index contributed by atoms with van der Waals surface area (Å²) < 4.78 is 64.5. The van der Waals surface area contributed by atoms with Crippen LogP contribution in [0.3, 0.4) is 0 Å². The number of H-pyrrole nitrogens is 2. The predicted molar refractivity (Wildman–Crippen MR) is 139 cm³/mol. The maximum Gasteiger partial charge on any atom is 0.416 e. The standard InChI is InChI=1S/C26H21F3N4O6S/c1-14-19(21-13-31-25(37)32-23(21)35)11-20(22(34)30-12-15-6-8-18(9-7-15)40(2,38)39)24(36)33(14)17-5-3-4-16(10-17)26(27,28)29/h3-11,13H,12H2,1-2H3,(H,30,34)(H2,31,32,35,37). The summed E-state index contributed by atoms with van der Waals surface area (Å²) >= 11 is 0. The molecule has 4 rings (SSSR count). The van der Waals surface area contributed by atoms with Gasteiger partial charge in [-0.05, 0) is 48.9 Å². The lowest BCUT2D eigenvalue weighted by molar-refractivity contribution is -0.137. The molecular formula is C26H21F3N4O6S. The summed E-state index contributed by atoms with van der Waals surface area (Å²) in [6.07, 6.45) is -2.61. The van der Waals surface area contributed by atoms with Gasteiger partial charge in [-0.1, -0.05) is 18.2 Å². The van der Waals surface area contributed by atoms with Crippen LogP contribution in [0.1, 0.15) is 27.2 Å². The number of halogens is 3. The van der Waals surface area contributed by atoms with Crippen molar-refractivity contribution >= 4 is 15.7 Å². The van der Waals surface area contributed by atoms with Crippen LogP contribution in [-0.4, -0.2) is 35.1 Å². The molecule has 3 N–H and O–H groups in total. The molecule has 14 heteroatoms. The number of carbonyl (C=O) groups is 1. The highest BCUT2D eigenvalue weighted by atomic mass is 32.2. The van der Waals surface area contributed by atoms with E-state index >= 15 is 0 Å². The van der Waals surface area contributed by atoms with E-state index in [1.165, 1.54) is 37.3 Å². The summed E-state index contributed by atoms with van der Waals surface area (Å²) in [7, 11) is -3.44. The first-order valence-electron chi connectivity index (χ1n) is 11.5. The zero-order chi connectivity index (χ0) is 29.4. The molecule has 2 aromatic heterocycles. The monoisotopic (exact) mass is 574 g/mol. The van der Waals surface area contributed by atoms with E-state index in [1.54, 1.807) is 0 Å². The number of alkyl halides is 3. The van der Waals surface area contributed by atoms with Crippen molar-refractivity contribution < 1.29 is 26.4 Å². The number of nitrogens with zero attached hydrogens (tertiary/aromatic N) is 1. The fourth-order valence-electron chi connectivity index (χ4n) is 4.01. The lowest BCUT2D eigenvalue weighted by atomic mass is 10.0. The number of hydrogen-bond acceptors (Lipinski definition) is 6. The fraction of sp³-hybridized carbons (Fsp3) is 0.154. The lowest BCUT2D eigenvalue weighted by Crippen LogP contribution is -2.34. The van der Waals surface area contributed by atoms with Crippen molar-refractivity contribution in [3.63, 3.8) is 0 Å². The van der Waals surface area contributed by atoms with Crippen LogP contribution in [0, 0.1) is 6.92 Å². The third-order valence-electron chi connectivity index (χ3n) is 6.04. The van der Waals surface area contributed by atoms with Crippen LogP contribution in [0.25, 0.3) is 16.8 Å². The molecule has 0 aliphatic heterocycles. The highest BCUT2D eigenvalue weighted by Gasteiger charge is 2.31. The topological polar surface area (TPSA) is 151 Å². The van der Waals surface area contributed by atoms with Gasteiger partial charge in [-0.3, -0.25) is 23.9 Å². The predicted octanol–water partition coefficient (Wildman–Crippen LogP) is 2.54. The second-order valence-corrected chi connectivity index (χ2v) is 10.8. The second kappa shape index (κ2) is 10.4. The molecule has 40 heavy (non-hydrogen) atoms. The van der Waals surface area contributed by atoms with Crippen LogP contribution >= 0.6 is 0 Å². The average molecular weight is 575 g/mol. The Morgan fingerprint density at radius 1 is 1.00 bits per heavy atom. The number of sulfone groups is 1. The molecular weight excluding hydrogens is 553 g/mol. The molecule has 0 aliphatic carbocycles. The Morgan fingerprint density at radius 3 is 2.27 bits per heavy atom. The van der Waals surface area contributed by atoms with Gasteiger partial charge >= 0.3 is 11.9 Å². The Balaban J connectivity index is 1.84. The van der Waals surface area contributed by atoms with Crippen LogP contribution in [-0.2, 0) is 22.6 Å². The molecule has 0 aliphatic rings. The van der Waals surface area contributed by atoms with E-state index < -0.39 is 49.9 Å². The second-order valence-electron chi connectivity index (χ2n) is 8.83. The number of pyridine rings is 1. The van der Waals surface area contributed by atoms with Gasteiger partial charge in [0.15, 0.2) is 9.84 Å². The van der Waals surface area contributed by atoms with Gasteiger partial charge in [0.25, 0.3) is 17.0 Å². The van der Waals surface area contributed by atoms with Gasteiger partial charge in [0.1, 0.15) is 5.56 Å². The summed E-state index contributed by atoms with van der Waals surface area (Å²) in [5, 5.41) is 2.53. The summed E-state index contributed by atoms with van der Waals surface area (Å²) in [5.74, 6) is -0.903. The number of carbonyl (C=O) groups excluding carboxylic acids is 1. The van der Waals surface area contributed by atoms with Crippen LogP contribution in [0.2, 0.25) is 0 Å². The molecule has 2 aromatic carbocycles. The Morgan fingerprint density at radius 2 is 1.68 bits per heavy atom. The Labute approximate surface area is 224 Å². The van der Waals surface area contributed by atoms with Gasteiger partial charge in [-0.25, -0.2) is 13.2 Å². The minimum Gasteiger partial charge on any atom is -0.348 e. The molecule has 0 unspecified atom stereocenters. The number of benzene rings is 2. The maximum atomic E-state index is 13.5. The molecule has 10 nitrogen and oxygen atoms in total. The minimum absolute atomic E-state index is 0.0113. The minimum atomic E-state index is -4.71. The SMILES string of the molecule is Cc1c(-c2c[nH]c(=O)[nH]c2=O)cc(C(=O)NCc2ccc(S(C)(=O)=O)cc2)c(=O)n1-c1cccc(C(F)(F)F)c1. The third kappa shape index (κ3) is 5.81. The van der Waals surface area contributed by atoms with Gasteiger partial charge in [-0.15, -0.1) is 0 Å². The quantitative estimate of drug-likeness (QED) is 0.322. The van der Waals surface area contributed by atoms with Gasteiger partial charge in [-0.2, -0.15) is 13.2 Å². The zero-order valence-corrected chi connectivity index (χ0v) is 21.7. The van der Waals surface area contributed by atoms with Crippen molar-refractivity contribution in [1.29, 1.82) is 0 Å². The first-order chi connectivity index (χ1) is 18.7. The molecule has 0 saturated carbocycles. The van der Waals surface area contributed by atoms with Crippen molar-refractivity contribution in [3.05, 3.63) is 114 Å². The summed E-state index contributed by atoms with van der Waals surface area (Å²) in [4.78, 5) is 55.1. The highest BCUT2D eigenvalue weighted by Crippen LogP contribution is 2.31. The summed E-state index contributed by atoms with van der Waals surface area (Å²) in [6, 6.07) is 10.7. The molecule has 2 heterocycles. The van der Waals surface area contributed by atoms with Crippen molar-refractivity contribution in [3.8, 4) is 16.8 Å². The average Bonchev–Trinajstić information content (AvgIpc) is 2.87. The third-order valence-corrected chi connectivity index (χ3v) is 7.17. The fourth-order valence-corrected chi connectivity index (χ4v) is 4.64. The van der Waals surface area contributed by atoms with E-state index in [0.29, 0.717) is 5.56 Å². The summed E-state index contributed by atoms with van der Waals surface area (Å²) in [6.45, 7) is 1.26. The molecule has 0 fully saturated rings. The number of hydrogen-bond donors (Lipinski definition) is 3. The lowest BCUT2D eigenvalue weighted by Gasteiger charge is -2.18. The van der Waals surface area contributed by atoms with Crippen molar-refractivity contribution in [1.82, 2.24) is 19.9 Å². The van der Waals surface area contributed by atoms with E-state index in [0.717, 1.165) is 41.3 Å². The number of aromatic nitrogens is 3. The molecule has 0 radical (unpaired) electrons. The number of rotatable bonds is 6. The van der Waals surface area contributed by atoms with Gasteiger partial charge < -0.3 is 10.3 Å². The van der Waals surface area contributed by atoms with Crippen LogP contribution in [0.4, 0.5) is 13.2 Å².